The Labute approximate surface area is 116 Å². The van der Waals surface area contributed by atoms with Crippen LogP contribution in [0.3, 0.4) is 0 Å². The summed E-state index contributed by atoms with van der Waals surface area (Å²) < 4.78 is 5.39. The van der Waals surface area contributed by atoms with E-state index in [1.54, 1.807) is 0 Å². The molecule has 3 N–H and O–H groups in total. The minimum Gasteiger partial charge on any atom is -0.381 e. The van der Waals surface area contributed by atoms with E-state index in [4.69, 9.17) is 10.5 Å². The Morgan fingerprint density at radius 2 is 2.05 bits per heavy atom. The Morgan fingerprint density at radius 1 is 1.37 bits per heavy atom. The van der Waals surface area contributed by atoms with Gasteiger partial charge in [-0.25, -0.2) is 0 Å². The zero-order valence-electron chi connectivity index (χ0n) is 12.3. The fourth-order valence-corrected chi connectivity index (χ4v) is 3.18. The predicted molar refractivity (Wildman–Crippen MR) is 75.7 cm³/mol. The molecule has 0 aromatic carbocycles. The van der Waals surface area contributed by atoms with E-state index in [1.807, 2.05) is 0 Å². The molecule has 1 aliphatic carbocycles. The summed E-state index contributed by atoms with van der Waals surface area (Å²) in [5.41, 5.74) is 6.30. The number of amides is 1. The molecule has 0 spiro atoms. The third-order valence-electron chi connectivity index (χ3n) is 4.89. The van der Waals surface area contributed by atoms with E-state index in [-0.39, 0.29) is 23.3 Å². The summed E-state index contributed by atoms with van der Waals surface area (Å²) in [5.74, 6) is 0.785. The number of hydrogen-bond acceptors (Lipinski definition) is 3. The molecule has 0 bridgehead atoms. The van der Waals surface area contributed by atoms with Crippen LogP contribution >= 0.6 is 0 Å². The average Bonchev–Trinajstić information content (AvgIpc) is 2.40. The smallest absolute Gasteiger partial charge is 0.224 e. The van der Waals surface area contributed by atoms with Crippen molar-refractivity contribution in [2.45, 2.75) is 52.0 Å². The van der Waals surface area contributed by atoms with Crippen molar-refractivity contribution in [2.75, 3.05) is 19.8 Å². The quantitative estimate of drug-likeness (QED) is 0.818. The fraction of sp³-hybridized carbons (Fsp3) is 0.933. The highest BCUT2D eigenvalue weighted by Gasteiger charge is 2.33. The number of ether oxygens (including phenoxy) is 1. The lowest BCUT2D eigenvalue weighted by Gasteiger charge is -2.36. The zero-order chi connectivity index (χ0) is 13.9. The molecule has 0 radical (unpaired) electrons. The SMILES string of the molecule is CC1CCC(N)C(C(=O)NCC2(C)CCOCC2)C1. The van der Waals surface area contributed by atoms with Crippen LogP contribution in [0.5, 0.6) is 0 Å². The highest BCUT2D eigenvalue weighted by Crippen LogP contribution is 2.30. The zero-order valence-corrected chi connectivity index (χ0v) is 12.3. The summed E-state index contributed by atoms with van der Waals surface area (Å²) in [6.07, 6.45) is 5.12. The molecule has 1 aliphatic heterocycles. The summed E-state index contributed by atoms with van der Waals surface area (Å²) in [4.78, 5) is 12.3. The number of hydrogen-bond donors (Lipinski definition) is 2. The molecule has 4 heteroatoms. The molecule has 110 valence electrons. The van der Waals surface area contributed by atoms with Gasteiger partial charge in [0.15, 0.2) is 0 Å². The first-order valence-electron chi connectivity index (χ1n) is 7.61. The van der Waals surface area contributed by atoms with Crippen LogP contribution in [0.2, 0.25) is 0 Å². The molecule has 4 nitrogen and oxygen atoms in total. The third-order valence-corrected chi connectivity index (χ3v) is 4.89. The molecular formula is C15H28N2O2. The van der Waals surface area contributed by atoms with Crippen molar-refractivity contribution in [2.24, 2.45) is 23.0 Å². The summed E-state index contributed by atoms with van der Waals surface area (Å²) in [6.45, 7) is 6.83. The number of nitrogens with two attached hydrogens (primary N) is 1. The Morgan fingerprint density at radius 3 is 2.74 bits per heavy atom. The molecule has 0 aromatic heterocycles. The summed E-state index contributed by atoms with van der Waals surface area (Å²) >= 11 is 0. The van der Waals surface area contributed by atoms with Crippen molar-refractivity contribution in [3.05, 3.63) is 0 Å². The lowest BCUT2D eigenvalue weighted by atomic mass is 9.78. The van der Waals surface area contributed by atoms with Gasteiger partial charge in [0.05, 0.1) is 5.92 Å². The normalized spacial score (nSPS) is 34.8. The van der Waals surface area contributed by atoms with Gasteiger partial charge in [-0.3, -0.25) is 4.79 Å². The van der Waals surface area contributed by atoms with Crippen LogP contribution in [0.4, 0.5) is 0 Å². The van der Waals surface area contributed by atoms with E-state index in [2.05, 4.69) is 19.2 Å². The second kappa shape index (κ2) is 6.23. The van der Waals surface area contributed by atoms with E-state index in [0.717, 1.165) is 51.9 Å². The van der Waals surface area contributed by atoms with Gasteiger partial charge in [0, 0.05) is 25.8 Å². The van der Waals surface area contributed by atoms with Crippen LogP contribution in [-0.2, 0) is 9.53 Å². The van der Waals surface area contributed by atoms with Crippen molar-refractivity contribution in [1.29, 1.82) is 0 Å². The van der Waals surface area contributed by atoms with Crippen molar-refractivity contribution in [1.82, 2.24) is 5.32 Å². The molecule has 2 fully saturated rings. The fourth-order valence-electron chi connectivity index (χ4n) is 3.18. The lowest BCUT2D eigenvalue weighted by Crippen LogP contribution is -2.48. The number of carbonyl (C=O) groups excluding carboxylic acids is 1. The molecule has 19 heavy (non-hydrogen) atoms. The maximum atomic E-state index is 12.3. The van der Waals surface area contributed by atoms with Gasteiger partial charge in [0.2, 0.25) is 5.91 Å². The molecule has 3 unspecified atom stereocenters. The van der Waals surface area contributed by atoms with Crippen LogP contribution in [0.15, 0.2) is 0 Å². The third kappa shape index (κ3) is 3.93. The molecule has 2 aliphatic rings. The molecular weight excluding hydrogens is 240 g/mol. The van der Waals surface area contributed by atoms with Crippen molar-refractivity contribution >= 4 is 5.91 Å². The number of nitrogens with one attached hydrogen (secondary N) is 1. The average molecular weight is 268 g/mol. The van der Waals surface area contributed by atoms with Crippen molar-refractivity contribution in [3.63, 3.8) is 0 Å². The van der Waals surface area contributed by atoms with Crippen molar-refractivity contribution in [3.8, 4) is 0 Å². The first-order valence-corrected chi connectivity index (χ1v) is 7.61. The Bertz CT molecular complexity index is 313. The first kappa shape index (κ1) is 14.8. The number of carbonyl (C=O) groups is 1. The van der Waals surface area contributed by atoms with Gasteiger partial charge in [-0.05, 0) is 43.4 Å². The molecule has 1 saturated heterocycles. The monoisotopic (exact) mass is 268 g/mol. The van der Waals surface area contributed by atoms with E-state index >= 15 is 0 Å². The maximum absolute atomic E-state index is 12.3. The Hall–Kier alpha value is -0.610. The van der Waals surface area contributed by atoms with Crippen LogP contribution in [0.25, 0.3) is 0 Å². The van der Waals surface area contributed by atoms with E-state index < -0.39 is 0 Å². The Kier molecular flexibility index (Phi) is 4.85. The van der Waals surface area contributed by atoms with Crippen LogP contribution in [0, 0.1) is 17.3 Å². The summed E-state index contributed by atoms with van der Waals surface area (Å²) in [6, 6.07) is 0.0405. The topological polar surface area (TPSA) is 64.4 Å². The standard InChI is InChI=1S/C15H28N2O2/c1-11-3-4-13(16)12(9-11)14(18)17-10-15(2)5-7-19-8-6-15/h11-13H,3-10,16H2,1-2H3,(H,17,18). The largest absolute Gasteiger partial charge is 0.381 e. The van der Waals surface area contributed by atoms with Gasteiger partial charge in [-0.15, -0.1) is 0 Å². The maximum Gasteiger partial charge on any atom is 0.224 e. The second-order valence-electron chi connectivity index (χ2n) is 6.83. The minimum atomic E-state index is 0.00666. The van der Waals surface area contributed by atoms with Crippen LogP contribution in [-0.4, -0.2) is 31.7 Å². The van der Waals surface area contributed by atoms with Gasteiger partial charge in [0.1, 0.15) is 0 Å². The summed E-state index contributed by atoms with van der Waals surface area (Å²) in [5, 5.41) is 3.14. The molecule has 1 amide bonds. The van der Waals surface area contributed by atoms with Crippen molar-refractivity contribution < 1.29 is 9.53 Å². The predicted octanol–water partition coefficient (Wildman–Crippen LogP) is 1.68. The van der Waals surface area contributed by atoms with E-state index in [9.17, 15) is 4.79 Å². The molecule has 0 aromatic rings. The highest BCUT2D eigenvalue weighted by molar-refractivity contribution is 5.79. The number of rotatable bonds is 3. The van der Waals surface area contributed by atoms with E-state index in [0.29, 0.717) is 5.92 Å². The van der Waals surface area contributed by atoms with Gasteiger partial charge >= 0.3 is 0 Å². The van der Waals surface area contributed by atoms with E-state index in [1.165, 1.54) is 0 Å². The molecule has 1 heterocycles. The lowest BCUT2D eigenvalue weighted by molar-refractivity contribution is -0.127. The molecule has 1 saturated carbocycles. The minimum absolute atomic E-state index is 0.00666. The highest BCUT2D eigenvalue weighted by atomic mass is 16.5. The van der Waals surface area contributed by atoms with Gasteiger partial charge < -0.3 is 15.8 Å². The molecule has 2 rings (SSSR count). The van der Waals surface area contributed by atoms with Gasteiger partial charge in [-0.2, -0.15) is 0 Å². The summed E-state index contributed by atoms with van der Waals surface area (Å²) in [7, 11) is 0. The first-order chi connectivity index (χ1) is 9.00. The van der Waals surface area contributed by atoms with Crippen LogP contribution < -0.4 is 11.1 Å². The second-order valence-corrected chi connectivity index (χ2v) is 6.83. The van der Waals surface area contributed by atoms with Gasteiger partial charge in [0.25, 0.3) is 0 Å². The van der Waals surface area contributed by atoms with Gasteiger partial charge in [-0.1, -0.05) is 13.8 Å². The Balaban J connectivity index is 1.83. The van der Waals surface area contributed by atoms with Crippen LogP contribution in [0.1, 0.15) is 46.0 Å². The molecule has 3 atom stereocenters.